The molecule has 2 unspecified atom stereocenters. The maximum absolute atomic E-state index is 5.89. The molecule has 78 valence electrons. The smallest absolute Gasteiger partial charge is 0.143 e. The third-order valence-electron chi connectivity index (χ3n) is 2.49. The molecule has 14 heavy (non-hydrogen) atoms. The molecule has 1 aliphatic carbocycles. The van der Waals surface area contributed by atoms with E-state index in [4.69, 9.17) is 10.5 Å². The van der Waals surface area contributed by atoms with E-state index < -0.39 is 0 Å². The van der Waals surface area contributed by atoms with Gasteiger partial charge in [-0.15, -0.1) is 10.2 Å². The van der Waals surface area contributed by atoms with E-state index in [1.807, 2.05) is 6.92 Å². The van der Waals surface area contributed by atoms with Crippen LogP contribution in [0.1, 0.15) is 29.3 Å². The minimum Gasteiger partial charge on any atom is -0.369 e. The first-order valence-electron chi connectivity index (χ1n) is 4.92. The molecule has 1 fully saturated rings. The zero-order chi connectivity index (χ0) is 9.97. The molecule has 0 bridgehead atoms. The molecule has 4 nitrogen and oxygen atoms in total. The summed E-state index contributed by atoms with van der Waals surface area (Å²) in [5.41, 5.74) is 5.89. The Bertz CT molecular complexity index is 302. The van der Waals surface area contributed by atoms with Crippen LogP contribution in [0.25, 0.3) is 0 Å². The van der Waals surface area contributed by atoms with Gasteiger partial charge in [-0.3, -0.25) is 0 Å². The molecule has 1 saturated carbocycles. The van der Waals surface area contributed by atoms with E-state index in [2.05, 4.69) is 10.2 Å². The molecular formula is C9H15N3OS. The van der Waals surface area contributed by atoms with Gasteiger partial charge in [-0.05, 0) is 26.2 Å². The number of aromatic nitrogens is 2. The molecule has 0 aromatic carbocycles. The lowest BCUT2D eigenvalue weighted by atomic mass is 10.2. The van der Waals surface area contributed by atoms with Gasteiger partial charge in [0, 0.05) is 6.04 Å². The van der Waals surface area contributed by atoms with Gasteiger partial charge >= 0.3 is 0 Å². The van der Waals surface area contributed by atoms with E-state index >= 15 is 0 Å². The Morgan fingerprint density at radius 1 is 1.50 bits per heavy atom. The molecule has 0 amide bonds. The molecule has 2 rings (SSSR count). The van der Waals surface area contributed by atoms with Gasteiger partial charge < -0.3 is 10.5 Å². The Labute approximate surface area is 87.5 Å². The van der Waals surface area contributed by atoms with Crippen LogP contribution in [0.2, 0.25) is 0 Å². The van der Waals surface area contributed by atoms with Crippen LogP contribution in [0, 0.1) is 6.92 Å². The highest BCUT2D eigenvalue weighted by Gasteiger charge is 2.24. The van der Waals surface area contributed by atoms with Crippen LogP contribution in [-0.2, 0) is 11.3 Å². The zero-order valence-corrected chi connectivity index (χ0v) is 9.09. The first-order chi connectivity index (χ1) is 6.75. The van der Waals surface area contributed by atoms with Crippen LogP contribution in [-0.4, -0.2) is 22.3 Å². The van der Waals surface area contributed by atoms with Crippen molar-refractivity contribution >= 4 is 11.3 Å². The summed E-state index contributed by atoms with van der Waals surface area (Å²) in [5.74, 6) is 0. The molecule has 1 heterocycles. The van der Waals surface area contributed by atoms with Crippen LogP contribution >= 0.6 is 11.3 Å². The quantitative estimate of drug-likeness (QED) is 0.820. The van der Waals surface area contributed by atoms with E-state index in [-0.39, 0.29) is 12.1 Å². The average Bonchev–Trinajstić information content (AvgIpc) is 2.72. The van der Waals surface area contributed by atoms with E-state index in [0.717, 1.165) is 22.9 Å². The van der Waals surface area contributed by atoms with Crippen molar-refractivity contribution in [3.05, 3.63) is 10.0 Å². The van der Waals surface area contributed by atoms with E-state index in [0.29, 0.717) is 6.61 Å². The summed E-state index contributed by atoms with van der Waals surface area (Å²) in [4.78, 5) is 0. The second-order valence-electron chi connectivity index (χ2n) is 3.66. The van der Waals surface area contributed by atoms with Crippen LogP contribution < -0.4 is 5.73 Å². The van der Waals surface area contributed by atoms with Gasteiger partial charge in [0.2, 0.25) is 0 Å². The average molecular weight is 213 g/mol. The number of aryl methyl sites for hydroxylation is 1. The standard InChI is InChI=1S/C9H15N3OS/c1-6-11-12-9(14-6)5-13-8-4-2-3-7(8)10/h7-8H,2-5,10H2,1H3. The fourth-order valence-electron chi connectivity index (χ4n) is 1.74. The van der Waals surface area contributed by atoms with Crippen molar-refractivity contribution in [1.29, 1.82) is 0 Å². The molecule has 5 heteroatoms. The molecule has 1 aromatic heterocycles. The summed E-state index contributed by atoms with van der Waals surface area (Å²) < 4.78 is 5.70. The molecule has 0 spiro atoms. The van der Waals surface area contributed by atoms with Gasteiger partial charge in [0.05, 0.1) is 6.10 Å². The normalized spacial score (nSPS) is 27.0. The van der Waals surface area contributed by atoms with Crippen molar-refractivity contribution < 1.29 is 4.74 Å². The second-order valence-corrected chi connectivity index (χ2v) is 4.93. The molecule has 1 aliphatic rings. The highest BCUT2D eigenvalue weighted by atomic mass is 32.1. The largest absolute Gasteiger partial charge is 0.369 e. The van der Waals surface area contributed by atoms with Crippen LogP contribution in [0.4, 0.5) is 0 Å². The number of rotatable bonds is 3. The number of nitrogens with zero attached hydrogens (tertiary/aromatic N) is 2. The van der Waals surface area contributed by atoms with Crippen LogP contribution in [0.5, 0.6) is 0 Å². The van der Waals surface area contributed by atoms with Gasteiger partial charge in [-0.25, -0.2) is 0 Å². The first kappa shape index (κ1) is 10.0. The predicted octanol–water partition coefficient (Wildman–Crippen LogP) is 1.24. The predicted molar refractivity (Wildman–Crippen MR) is 55.0 cm³/mol. The van der Waals surface area contributed by atoms with Crippen molar-refractivity contribution in [2.24, 2.45) is 5.73 Å². The van der Waals surface area contributed by atoms with E-state index in [1.54, 1.807) is 11.3 Å². The van der Waals surface area contributed by atoms with Gasteiger partial charge in [0.25, 0.3) is 0 Å². The monoisotopic (exact) mass is 213 g/mol. The Balaban J connectivity index is 1.82. The summed E-state index contributed by atoms with van der Waals surface area (Å²) in [6.45, 7) is 2.51. The Kier molecular flexibility index (Phi) is 3.10. The Morgan fingerprint density at radius 3 is 2.93 bits per heavy atom. The summed E-state index contributed by atoms with van der Waals surface area (Å²) in [7, 11) is 0. The molecule has 0 aliphatic heterocycles. The first-order valence-corrected chi connectivity index (χ1v) is 5.73. The number of nitrogens with two attached hydrogens (primary N) is 1. The third kappa shape index (κ3) is 2.29. The number of hydrogen-bond acceptors (Lipinski definition) is 5. The summed E-state index contributed by atoms with van der Waals surface area (Å²) in [6.07, 6.45) is 3.57. The highest BCUT2D eigenvalue weighted by molar-refractivity contribution is 7.11. The Hall–Kier alpha value is -0.520. The topological polar surface area (TPSA) is 61.0 Å². The maximum atomic E-state index is 5.89. The lowest BCUT2D eigenvalue weighted by Crippen LogP contribution is -2.31. The third-order valence-corrected chi connectivity index (χ3v) is 3.30. The molecule has 2 N–H and O–H groups in total. The molecule has 1 aromatic rings. The second kappa shape index (κ2) is 4.33. The van der Waals surface area contributed by atoms with Crippen molar-refractivity contribution in [3.63, 3.8) is 0 Å². The van der Waals surface area contributed by atoms with Crippen molar-refractivity contribution in [3.8, 4) is 0 Å². The van der Waals surface area contributed by atoms with Gasteiger partial charge in [-0.2, -0.15) is 0 Å². The van der Waals surface area contributed by atoms with E-state index in [1.165, 1.54) is 6.42 Å². The van der Waals surface area contributed by atoms with Crippen molar-refractivity contribution in [2.75, 3.05) is 0 Å². The molecule has 2 atom stereocenters. The van der Waals surface area contributed by atoms with Crippen molar-refractivity contribution in [1.82, 2.24) is 10.2 Å². The zero-order valence-electron chi connectivity index (χ0n) is 8.27. The van der Waals surface area contributed by atoms with Crippen LogP contribution in [0.15, 0.2) is 0 Å². The Morgan fingerprint density at radius 2 is 2.36 bits per heavy atom. The summed E-state index contributed by atoms with van der Waals surface area (Å²) in [6, 6.07) is 0.212. The van der Waals surface area contributed by atoms with Gasteiger partial charge in [0.15, 0.2) is 0 Å². The minimum absolute atomic E-state index is 0.212. The molecular weight excluding hydrogens is 198 g/mol. The highest BCUT2D eigenvalue weighted by Crippen LogP contribution is 2.21. The lowest BCUT2D eigenvalue weighted by molar-refractivity contribution is 0.0354. The molecule has 0 radical (unpaired) electrons. The van der Waals surface area contributed by atoms with Gasteiger partial charge in [-0.1, -0.05) is 11.3 Å². The molecule has 0 saturated heterocycles. The van der Waals surface area contributed by atoms with Gasteiger partial charge in [0.1, 0.15) is 16.6 Å². The summed E-state index contributed by atoms with van der Waals surface area (Å²) >= 11 is 1.58. The SMILES string of the molecule is Cc1nnc(COC2CCCC2N)s1. The lowest BCUT2D eigenvalue weighted by Gasteiger charge is -2.14. The summed E-state index contributed by atoms with van der Waals surface area (Å²) in [5, 5.41) is 9.87. The maximum Gasteiger partial charge on any atom is 0.143 e. The van der Waals surface area contributed by atoms with Crippen LogP contribution in [0.3, 0.4) is 0 Å². The fourth-order valence-corrected chi connectivity index (χ4v) is 2.37. The fraction of sp³-hybridized carbons (Fsp3) is 0.778. The van der Waals surface area contributed by atoms with Crippen molar-refractivity contribution in [2.45, 2.75) is 44.9 Å². The number of ether oxygens (including phenoxy) is 1. The minimum atomic E-state index is 0.212. The van der Waals surface area contributed by atoms with E-state index in [9.17, 15) is 0 Å². The number of hydrogen-bond donors (Lipinski definition) is 1.